The second-order valence-corrected chi connectivity index (χ2v) is 6.08. The van der Waals surface area contributed by atoms with Crippen LogP contribution in [0.2, 0.25) is 0 Å². The van der Waals surface area contributed by atoms with Crippen molar-refractivity contribution >= 4 is 16.9 Å². The lowest BCUT2D eigenvalue weighted by Gasteiger charge is -2.28. The molecule has 3 aromatic rings. The highest BCUT2D eigenvalue weighted by Gasteiger charge is 2.35. The molecular formula is C15H15F2N7O. The number of hydrogen-bond acceptors (Lipinski definition) is 5. The number of fused-ring (bicyclic) bond motifs is 1. The van der Waals surface area contributed by atoms with Crippen LogP contribution in [0.5, 0.6) is 0 Å². The van der Waals surface area contributed by atoms with Crippen LogP contribution < -0.4 is 5.32 Å². The standard InChI is InChI=1S/C15H15F2N7O/c16-15(17)3-1-9(2-4-15)20-13(25)12-11-10(7-19-23-11)21-14(22-12)24-6-5-18-8-24/h5-9H,1-4H2,(H,19,23)(H,20,25). The van der Waals surface area contributed by atoms with Crippen molar-refractivity contribution in [2.75, 3.05) is 0 Å². The first-order chi connectivity index (χ1) is 12.0. The van der Waals surface area contributed by atoms with Gasteiger partial charge in [-0.2, -0.15) is 5.10 Å². The molecule has 1 saturated carbocycles. The Morgan fingerprint density at radius 3 is 2.84 bits per heavy atom. The van der Waals surface area contributed by atoms with Gasteiger partial charge in [-0.3, -0.25) is 14.5 Å². The van der Waals surface area contributed by atoms with E-state index in [0.717, 1.165) is 0 Å². The fourth-order valence-electron chi connectivity index (χ4n) is 2.92. The van der Waals surface area contributed by atoms with Gasteiger partial charge in [-0.1, -0.05) is 0 Å². The van der Waals surface area contributed by atoms with Crippen molar-refractivity contribution < 1.29 is 13.6 Å². The number of carbonyl (C=O) groups excluding carboxylic acids is 1. The fourth-order valence-corrected chi connectivity index (χ4v) is 2.92. The van der Waals surface area contributed by atoms with E-state index in [0.29, 0.717) is 11.0 Å². The van der Waals surface area contributed by atoms with Crippen LogP contribution in [0.25, 0.3) is 17.0 Å². The fraction of sp³-hybridized carbons (Fsp3) is 0.400. The molecule has 0 spiro atoms. The zero-order chi connectivity index (χ0) is 17.4. The van der Waals surface area contributed by atoms with Crippen molar-refractivity contribution in [3.63, 3.8) is 0 Å². The third-order valence-electron chi connectivity index (χ3n) is 4.29. The molecule has 1 aliphatic rings. The zero-order valence-corrected chi connectivity index (χ0v) is 13.1. The molecule has 130 valence electrons. The number of rotatable bonds is 3. The number of alkyl halides is 2. The van der Waals surface area contributed by atoms with E-state index in [1.807, 2.05) is 0 Å². The number of aromatic nitrogens is 6. The van der Waals surface area contributed by atoms with Crippen LogP contribution in [0.4, 0.5) is 8.78 Å². The minimum atomic E-state index is -2.64. The van der Waals surface area contributed by atoms with Gasteiger partial charge < -0.3 is 5.32 Å². The Labute approximate surface area is 140 Å². The molecule has 2 N–H and O–H groups in total. The van der Waals surface area contributed by atoms with Gasteiger partial charge in [0.1, 0.15) is 17.4 Å². The third-order valence-corrected chi connectivity index (χ3v) is 4.29. The minimum Gasteiger partial charge on any atom is -0.348 e. The Bertz CT molecular complexity index is 896. The number of nitrogens with one attached hydrogen (secondary N) is 2. The van der Waals surface area contributed by atoms with E-state index >= 15 is 0 Å². The van der Waals surface area contributed by atoms with Crippen molar-refractivity contribution in [1.29, 1.82) is 0 Å². The maximum atomic E-state index is 13.3. The van der Waals surface area contributed by atoms with Gasteiger partial charge in [0.25, 0.3) is 5.91 Å². The summed E-state index contributed by atoms with van der Waals surface area (Å²) in [7, 11) is 0. The molecule has 0 aromatic carbocycles. The van der Waals surface area contributed by atoms with Crippen LogP contribution in [0, 0.1) is 0 Å². The number of halogens is 2. The van der Waals surface area contributed by atoms with Gasteiger partial charge in [0, 0.05) is 31.3 Å². The smallest absolute Gasteiger partial charge is 0.272 e. The number of aromatic amines is 1. The van der Waals surface area contributed by atoms with Crippen LogP contribution in [-0.2, 0) is 0 Å². The molecule has 0 bridgehead atoms. The summed E-state index contributed by atoms with van der Waals surface area (Å²) in [6, 6.07) is -0.295. The summed E-state index contributed by atoms with van der Waals surface area (Å²) in [5.41, 5.74) is 1.02. The van der Waals surface area contributed by atoms with E-state index in [4.69, 9.17) is 0 Å². The summed E-state index contributed by atoms with van der Waals surface area (Å²) in [5.74, 6) is -2.79. The molecule has 3 heterocycles. The molecule has 10 heteroatoms. The highest BCUT2D eigenvalue weighted by atomic mass is 19.3. The van der Waals surface area contributed by atoms with Gasteiger partial charge in [0.05, 0.1) is 6.20 Å². The Hall–Kier alpha value is -2.91. The largest absolute Gasteiger partial charge is 0.348 e. The van der Waals surface area contributed by atoms with E-state index in [1.165, 1.54) is 12.5 Å². The SMILES string of the molecule is O=C(NC1CCC(F)(F)CC1)c1nc(-n2ccnc2)nc2cn[nH]c12. The van der Waals surface area contributed by atoms with Crippen molar-refractivity contribution in [1.82, 2.24) is 35.0 Å². The molecule has 0 radical (unpaired) electrons. The first-order valence-corrected chi connectivity index (χ1v) is 7.90. The molecule has 8 nitrogen and oxygen atoms in total. The van der Waals surface area contributed by atoms with Crippen LogP contribution in [0.1, 0.15) is 36.2 Å². The van der Waals surface area contributed by atoms with Gasteiger partial charge in [0.2, 0.25) is 11.9 Å². The molecule has 1 aliphatic carbocycles. The molecule has 0 aliphatic heterocycles. The lowest BCUT2D eigenvalue weighted by molar-refractivity contribution is -0.0399. The monoisotopic (exact) mass is 347 g/mol. The van der Waals surface area contributed by atoms with Crippen LogP contribution >= 0.6 is 0 Å². The number of amides is 1. The highest BCUT2D eigenvalue weighted by Crippen LogP contribution is 2.33. The molecule has 1 fully saturated rings. The van der Waals surface area contributed by atoms with E-state index in [1.54, 1.807) is 17.0 Å². The van der Waals surface area contributed by atoms with Crippen LogP contribution in [0.15, 0.2) is 24.9 Å². The molecule has 3 aromatic heterocycles. The average molecular weight is 347 g/mol. The number of hydrogen-bond donors (Lipinski definition) is 2. The minimum absolute atomic E-state index is 0.128. The predicted octanol–water partition coefficient (Wildman–Crippen LogP) is 1.85. The van der Waals surface area contributed by atoms with E-state index in [-0.39, 0.29) is 43.4 Å². The van der Waals surface area contributed by atoms with Crippen molar-refractivity contribution in [3.05, 3.63) is 30.6 Å². The quantitative estimate of drug-likeness (QED) is 0.753. The Morgan fingerprint density at radius 2 is 2.12 bits per heavy atom. The lowest BCUT2D eigenvalue weighted by atomic mass is 9.92. The molecule has 1 amide bonds. The summed E-state index contributed by atoms with van der Waals surface area (Å²) in [6.45, 7) is 0. The Morgan fingerprint density at radius 1 is 1.32 bits per heavy atom. The molecule has 0 unspecified atom stereocenters. The third kappa shape index (κ3) is 3.06. The van der Waals surface area contributed by atoms with Crippen LogP contribution in [-0.4, -0.2) is 47.6 Å². The van der Waals surface area contributed by atoms with E-state index in [9.17, 15) is 13.6 Å². The lowest BCUT2D eigenvalue weighted by Crippen LogP contribution is -2.40. The van der Waals surface area contributed by atoms with Crippen LogP contribution in [0.3, 0.4) is 0 Å². The zero-order valence-electron chi connectivity index (χ0n) is 13.1. The molecule has 4 rings (SSSR count). The number of imidazole rings is 1. The van der Waals surface area contributed by atoms with Gasteiger partial charge in [0.15, 0.2) is 5.69 Å². The van der Waals surface area contributed by atoms with Crippen molar-refractivity contribution in [2.24, 2.45) is 0 Å². The predicted molar refractivity (Wildman–Crippen MR) is 83.5 cm³/mol. The van der Waals surface area contributed by atoms with Crippen molar-refractivity contribution in [3.8, 4) is 5.95 Å². The topological polar surface area (TPSA) is 101 Å². The molecular weight excluding hydrogens is 332 g/mol. The van der Waals surface area contributed by atoms with Crippen molar-refractivity contribution in [2.45, 2.75) is 37.6 Å². The molecule has 0 saturated heterocycles. The summed E-state index contributed by atoms with van der Waals surface area (Å²) < 4.78 is 28.1. The maximum absolute atomic E-state index is 13.3. The molecule has 25 heavy (non-hydrogen) atoms. The van der Waals surface area contributed by atoms with Gasteiger partial charge in [-0.05, 0) is 12.8 Å². The first-order valence-electron chi connectivity index (χ1n) is 7.90. The summed E-state index contributed by atoms with van der Waals surface area (Å²) in [6.07, 6.45) is 6.29. The Balaban J connectivity index is 1.62. The molecule has 0 atom stereocenters. The first kappa shape index (κ1) is 15.6. The summed E-state index contributed by atoms with van der Waals surface area (Å²) in [4.78, 5) is 25.2. The van der Waals surface area contributed by atoms with E-state index < -0.39 is 11.8 Å². The number of H-pyrrole nitrogens is 1. The van der Waals surface area contributed by atoms with Gasteiger partial charge in [-0.15, -0.1) is 0 Å². The second-order valence-electron chi connectivity index (χ2n) is 6.08. The Kier molecular flexibility index (Phi) is 3.66. The van der Waals surface area contributed by atoms with Gasteiger partial charge >= 0.3 is 0 Å². The van der Waals surface area contributed by atoms with E-state index in [2.05, 4.69) is 30.5 Å². The highest BCUT2D eigenvalue weighted by molar-refractivity contribution is 6.02. The second kappa shape index (κ2) is 5.87. The maximum Gasteiger partial charge on any atom is 0.272 e. The summed E-state index contributed by atoms with van der Waals surface area (Å²) >= 11 is 0. The summed E-state index contributed by atoms with van der Waals surface area (Å²) in [5, 5.41) is 9.40. The van der Waals surface area contributed by atoms with Gasteiger partial charge in [-0.25, -0.2) is 23.7 Å². The normalized spacial score (nSPS) is 17.7. The average Bonchev–Trinajstić information content (AvgIpc) is 3.26. The number of carbonyl (C=O) groups is 1. The number of nitrogens with zero attached hydrogens (tertiary/aromatic N) is 5.